The van der Waals surface area contributed by atoms with Gasteiger partial charge in [-0.3, -0.25) is 19.7 Å². The van der Waals surface area contributed by atoms with Crippen molar-refractivity contribution in [3.8, 4) is 11.5 Å². The maximum Gasteiger partial charge on any atom is 0.313 e. The molecular weight excluding hydrogens is 416 g/mol. The van der Waals surface area contributed by atoms with Crippen molar-refractivity contribution in [3.63, 3.8) is 0 Å². The standard InChI is InChI=1S/C20H19ClN2O7/c1-11(19(24)22-16-5-4-15(28-2)9-17(16)23(26)27)30-20(25)13-7-12-8-14(21)3-6-18(12)29-10-13/h3-6,8-9,11,13H,7,10H2,1-2H3,(H,22,24). The number of nitro benzene ring substituents is 1. The zero-order valence-corrected chi connectivity index (χ0v) is 17.0. The summed E-state index contributed by atoms with van der Waals surface area (Å²) in [6.07, 6.45) is -0.799. The first kappa shape index (κ1) is 21.4. The number of rotatable bonds is 6. The summed E-state index contributed by atoms with van der Waals surface area (Å²) in [6.45, 7) is 1.50. The number of amides is 1. The minimum atomic E-state index is -1.17. The number of esters is 1. The summed E-state index contributed by atoms with van der Waals surface area (Å²) in [7, 11) is 1.38. The number of nitrogens with one attached hydrogen (secondary N) is 1. The lowest BCUT2D eigenvalue weighted by Crippen LogP contribution is -2.36. The van der Waals surface area contributed by atoms with Crippen LogP contribution < -0.4 is 14.8 Å². The van der Waals surface area contributed by atoms with Crippen molar-refractivity contribution in [3.05, 3.63) is 57.1 Å². The molecule has 0 spiro atoms. The van der Waals surface area contributed by atoms with Gasteiger partial charge < -0.3 is 19.5 Å². The third kappa shape index (κ3) is 4.80. The van der Waals surface area contributed by atoms with Gasteiger partial charge in [0, 0.05) is 5.02 Å². The van der Waals surface area contributed by atoms with Gasteiger partial charge in [-0.05, 0) is 49.2 Å². The van der Waals surface area contributed by atoms with Crippen molar-refractivity contribution in [2.45, 2.75) is 19.4 Å². The van der Waals surface area contributed by atoms with Crippen molar-refractivity contribution in [2.75, 3.05) is 19.0 Å². The average molecular weight is 435 g/mol. The number of carbonyl (C=O) groups excluding carboxylic acids is 2. The van der Waals surface area contributed by atoms with Crippen LogP contribution >= 0.6 is 11.6 Å². The minimum absolute atomic E-state index is 0.0294. The molecule has 1 amide bonds. The molecule has 0 radical (unpaired) electrons. The summed E-state index contributed by atoms with van der Waals surface area (Å²) < 4.78 is 15.8. The number of halogens is 1. The molecular formula is C20H19ClN2O7. The minimum Gasteiger partial charge on any atom is -0.496 e. The molecule has 0 bridgehead atoms. The van der Waals surface area contributed by atoms with Crippen LogP contribution in [0.5, 0.6) is 11.5 Å². The highest BCUT2D eigenvalue weighted by Gasteiger charge is 2.30. The molecule has 10 heteroatoms. The Labute approximate surface area is 177 Å². The fourth-order valence-corrected chi connectivity index (χ4v) is 3.16. The van der Waals surface area contributed by atoms with E-state index in [0.717, 1.165) is 5.56 Å². The highest BCUT2D eigenvalue weighted by atomic mass is 35.5. The first-order valence-corrected chi connectivity index (χ1v) is 9.41. The smallest absolute Gasteiger partial charge is 0.313 e. The van der Waals surface area contributed by atoms with Gasteiger partial charge >= 0.3 is 5.97 Å². The lowest BCUT2D eigenvalue weighted by molar-refractivity contribution is -0.384. The number of benzene rings is 2. The molecule has 30 heavy (non-hydrogen) atoms. The second-order valence-electron chi connectivity index (χ2n) is 6.67. The molecule has 1 N–H and O–H groups in total. The van der Waals surface area contributed by atoms with Gasteiger partial charge in [-0.25, -0.2) is 0 Å². The van der Waals surface area contributed by atoms with Crippen LogP contribution in [0, 0.1) is 16.0 Å². The van der Waals surface area contributed by atoms with Crippen LogP contribution in [0.3, 0.4) is 0 Å². The first-order valence-electron chi connectivity index (χ1n) is 9.03. The number of fused-ring (bicyclic) bond motifs is 1. The molecule has 2 aromatic rings. The normalized spacial score (nSPS) is 15.9. The quantitative estimate of drug-likeness (QED) is 0.420. The monoisotopic (exact) mass is 434 g/mol. The molecule has 1 heterocycles. The van der Waals surface area contributed by atoms with Gasteiger partial charge in [0.25, 0.3) is 11.6 Å². The number of ether oxygens (including phenoxy) is 3. The number of carbonyl (C=O) groups is 2. The Balaban J connectivity index is 1.63. The predicted octanol–water partition coefficient (Wildman–Crippen LogP) is 3.38. The second kappa shape index (κ2) is 9.00. The van der Waals surface area contributed by atoms with E-state index in [1.807, 2.05) is 0 Å². The van der Waals surface area contributed by atoms with Crippen molar-refractivity contribution in [2.24, 2.45) is 5.92 Å². The van der Waals surface area contributed by atoms with Gasteiger partial charge in [-0.2, -0.15) is 0 Å². The maximum atomic E-state index is 12.5. The van der Waals surface area contributed by atoms with Crippen LogP contribution in [0.25, 0.3) is 0 Å². The molecule has 158 valence electrons. The van der Waals surface area contributed by atoms with E-state index in [0.29, 0.717) is 17.2 Å². The molecule has 1 aliphatic rings. The molecule has 2 atom stereocenters. The van der Waals surface area contributed by atoms with Gasteiger partial charge in [0.2, 0.25) is 0 Å². The fraction of sp³-hybridized carbons (Fsp3) is 0.300. The van der Waals surface area contributed by atoms with Crippen LogP contribution in [-0.2, 0) is 20.7 Å². The molecule has 0 fully saturated rings. The van der Waals surface area contributed by atoms with Crippen molar-refractivity contribution in [1.82, 2.24) is 0 Å². The molecule has 1 aliphatic heterocycles. The molecule has 9 nitrogen and oxygen atoms in total. The molecule has 2 aromatic carbocycles. The number of methoxy groups -OCH3 is 1. The fourth-order valence-electron chi connectivity index (χ4n) is 2.97. The summed E-state index contributed by atoms with van der Waals surface area (Å²) in [6, 6.07) is 9.16. The Morgan fingerprint density at radius 2 is 2.07 bits per heavy atom. The van der Waals surface area contributed by atoms with Crippen molar-refractivity contribution in [1.29, 1.82) is 0 Å². The van der Waals surface area contributed by atoms with Crippen LogP contribution in [0.4, 0.5) is 11.4 Å². The highest BCUT2D eigenvalue weighted by Crippen LogP contribution is 2.31. The van der Waals surface area contributed by atoms with E-state index >= 15 is 0 Å². The van der Waals surface area contributed by atoms with E-state index in [1.165, 1.54) is 32.2 Å². The molecule has 3 rings (SSSR count). The topological polar surface area (TPSA) is 117 Å². The van der Waals surface area contributed by atoms with Gasteiger partial charge in [0.05, 0.1) is 24.0 Å². The third-order valence-electron chi connectivity index (χ3n) is 4.58. The zero-order chi connectivity index (χ0) is 21.8. The van der Waals surface area contributed by atoms with Crippen LogP contribution in [0.2, 0.25) is 5.02 Å². The number of nitro groups is 1. The highest BCUT2D eigenvalue weighted by molar-refractivity contribution is 6.30. The number of hydrogen-bond acceptors (Lipinski definition) is 7. The van der Waals surface area contributed by atoms with E-state index in [1.54, 1.807) is 18.2 Å². The van der Waals surface area contributed by atoms with Crippen LogP contribution in [-0.4, -0.2) is 36.6 Å². The van der Waals surface area contributed by atoms with Crippen molar-refractivity contribution < 1.29 is 28.7 Å². The first-order chi connectivity index (χ1) is 14.3. The second-order valence-corrected chi connectivity index (χ2v) is 7.11. The Hall–Kier alpha value is -3.33. The van der Waals surface area contributed by atoms with E-state index in [-0.39, 0.29) is 23.7 Å². The molecule has 0 aliphatic carbocycles. The zero-order valence-electron chi connectivity index (χ0n) is 16.2. The average Bonchev–Trinajstić information content (AvgIpc) is 2.73. The molecule has 0 saturated carbocycles. The summed E-state index contributed by atoms with van der Waals surface area (Å²) >= 11 is 5.98. The Morgan fingerprint density at radius 3 is 2.77 bits per heavy atom. The van der Waals surface area contributed by atoms with Gasteiger partial charge in [0.1, 0.15) is 23.8 Å². The van der Waals surface area contributed by atoms with Gasteiger partial charge in [0.15, 0.2) is 6.10 Å². The largest absolute Gasteiger partial charge is 0.496 e. The molecule has 2 unspecified atom stereocenters. The summed E-state index contributed by atoms with van der Waals surface area (Å²) in [4.78, 5) is 35.5. The van der Waals surface area contributed by atoms with E-state index in [9.17, 15) is 19.7 Å². The van der Waals surface area contributed by atoms with E-state index in [4.69, 9.17) is 25.8 Å². The summed E-state index contributed by atoms with van der Waals surface area (Å²) in [5.74, 6) is -0.969. The van der Waals surface area contributed by atoms with Crippen molar-refractivity contribution >= 4 is 34.9 Å². The molecule has 0 saturated heterocycles. The van der Waals surface area contributed by atoms with E-state index in [2.05, 4.69) is 5.32 Å². The Kier molecular flexibility index (Phi) is 6.41. The lowest BCUT2D eigenvalue weighted by Gasteiger charge is -2.25. The van der Waals surface area contributed by atoms with Crippen LogP contribution in [0.15, 0.2) is 36.4 Å². The molecule has 0 aromatic heterocycles. The SMILES string of the molecule is COc1ccc(NC(=O)C(C)OC(=O)C2COc3ccc(Cl)cc3C2)c([N+](=O)[O-])c1. The lowest BCUT2D eigenvalue weighted by atomic mass is 9.97. The third-order valence-corrected chi connectivity index (χ3v) is 4.82. The number of nitrogens with zero attached hydrogens (tertiary/aromatic N) is 1. The Morgan fingerprint density at radius 1 is 1.30 bits per heavy atom. The van der Waals surface area contributed by atoms with E-state index < -0.39 is 28.8 Å². The number of hydrogen-bond donors (Lipinski definition) is 1. The predicted molar refractivity (Wildman–Crippen MR) is 108 cm³/mol. The maximum absolute atomic E-state index is 12.5. The summed E-state index contributed by atoms with van der Waals surface area (Å²) in [5.41, 5.74) is 0.412. The van der Waals surface area contributed by atoms with Crippen LogP contribution in [0.1, 0.15) is 12.5 Å². The van der Waals surface area contributed by atoms with Gasteiger partial charge in [-0.15, -0.1) is 0 Å². The van der Waals surface area contributed by atoms with Gasteiger partial charge in [-0.1, -0.05) is 11.6 Å². The Bertz CT molecular complexity index is 995. The number of anilines is 1. The summed E-state index contributed by atoms with van der Waals surface area (Å²) in [5, 5.41) is 14.2.